The van der Waals surface area contributed by atoms with E-state index < -0.39 is 12.0 Å². The van der Waals surface area contributed by atoms with Crippen LogP contribution >= 0.6 is 15.9 Å². The lowest BCUT2D eigenvalue weighted by atomic mass is 10.0. The molecular weight excluding hydrogens is 250 g/mol. The molecule has 0 aromatic heterocycles. The quantitative estimate of drug-likeness (QED) is 0.771. The van der Waals surface area contributed by atoms with Gasteiger partial charge in [-0.2, -0.15) is 0 Å². The minimum Gasteiger partial charge on any atom is -0.508 e. The molecule has 0 spiro atoms. The van der Waals surface area contributed by atoms with Crippen molar-refractivity contribution in [3.05, 3.63) is 28.2 Å². The summed E-state index contributed by atoms with van der Waals surface area (Å²) in [6.45, 7) is 0. The predicted octanol–water partition coefficient (Wildman–Crippen LogP) is 1.63. The molecule has 1 aromatic rings. The Morgan fingerprint density at radius 2 is 2.21 bits per heavy atom. The maximum absolute atomic E-state index is 10.4. The highest BCUT2D eigenvalue weighted by molar-refractivity contribution is 9.10. The number of carboxylic acid groups (broad SMARTS) is 1. The van der Waals surface area contributed by atoms with E-state index >= 15 is 0 Å². The summed E-state index contributed by atoms with van der Waals surface area (Å²) < 4.78 is 0.723. The van der Waals surface area contributed by atoms with Gasteiger partial charge in [-0.25, -0.2) is 0 Å². The molecule has 0 radical (unpaired) electrons. The number of phenolic OH excluding ortho intramolecular Hbond substituents is 1. The van der Waals surface area contributed by atoms with Crippen molar-refractivity contribution >= 4 is 21.9 Å². The van der Waals surface area contributed by atoms with E-state index in [1.165, 1.54) is 6.07 Å². The van der Waals surface area contributed by atoms with Gasteiger partial charge in [-0.05, 0) is 12.1 Å². The van der Waals surface area contributed by atoms with E-state index in [9.17, 15) is 9.90 Å². The summed E-state index contributed by atoms with van der Waals surface area (Å²) in [4.78, 5) is 10.4. The number of phenols is 1. The van der Waals surface area contributed by atoms with E-state index in [0.29, 0.717) is 5.56 Å². The highest BCUT2D eigenvalue weighted by Gasteiger charge is 2.14. The summed E-state index contributed by atoms with van der Waals surface area (Å²) in [6, 6.07) is 4.11. The summed E-state index contributed by atoms with van der Waals surface area (Å²) in [5.74, 6) is -0.979. The number of aliphatic carboxylic acids is 1. The summed E-state index contributed by atoms with van der Waals surface area (Å²) in [5.41, 5.74) is 6.03. The van der Waals surface area contributed by atoms with Crippen molar-refractivity contribution in [1.29, 1.82) is 0 Å². The lowest BCUT2D eigenvalue weighted by Crippen LogP contribution is -2.15. The van der Waals surface area contributed by atoms with Gasteiger partial charge in [0.25, 0.3) is 0 Å². The first-order chi connectivity index (χ1) is 6.50. The predicted molar refractivity (Wildman–Crippen MR) is 55.0 cm³/mol. The molecule has 4 nitrogen and oxygen atoms in total. The standard InChI is InChI=1S/C9H10BrNO3/c10-5-1-2-6(8(12)3-5)7(11)4-9(13)14/h1-3,7,12H,4,11H2,(H,13,14)/t7-/m1/s1. The molecule has 0 heterocycles. The Morgan fingerprint density at radius 3 is 2.71 bits per heavy atom. The Balaban J connectivity index is 2.90. The molecule has 0 unspecified atom stereocenters. The first-order valence-corrected chi connectivity index (χ1v) is 4.76. The maximum atomic E-state index is 10.4. The topological polar surface area (TPSA) is 83.6 Å². The van der Waals surface area contributed by atoms with Crippen LogP contribution < -0.4 is 5.73 Å². The number of aromatic hydroxyl groups is 1. The second kappa shape index (κ2) is 4.43. The number of halogens is 1. The van der Waals surface area contributed by atoms with E-state index in [2.05, 4.69) is 15.9 Å². The van der Waals surface area contributed by atoms with Crippen LogP contribution in [-0.2, 0) is 4.79 Å². The van der Waals surface area contributed by atoms with Crippen LogP contribution in [0.1, 0.15) is 18.0 Å². The first kappa shape index (κ1) is 11.0. The second-order valence-electron chi connectivity index (χ2n) is 2.91. The van der Waals surface area contributed by atoms with Crippen molar-refractivity contribution in [2.24, 2.45) is 5.73 Å². The van der Waals surface area contributed by atoms with Crippen LogP contribution in [0.4, 0.5) is 0 Å². The number of rotatable bonds is 3. The zero-order valence-corrected chi connectivity index (χ0v) is 8.86. The van der Waals surface area contributed by atoms with Crippen molar-refractivity contribution in [2.45, 2.75) is 12.5 Å². The van der Waals surface area contributed by atoms with Gasteiger partial charge in [0, 0.05) is 16.1 Å². The van der Waals surface area contributed by atoms with Crippen LogP contribution in [0.15, 0.2) is 22.7 Å². The van der Waals surface area contributed by atoms with Gasteiger partial charge in [-0.1, -0.05) is 22.0 Å². The molecule has 0 aliphatic carbocycles. The normalized spacial score (nSPS) is 12.4. The number of hydrogen-bond donors (Lipinski definition) is 3. The number of hydrogen-bond acceptors (Lipinski definition) is 3. The molecule has 0 saturated carbocycles. The molecule has 0 aliphatic heterocycles. The summed E-state index contributed by atoms with van der Waals surface area (Å²) in [6.07, 6.45) is -0.199. The van der Waals surface area contributed by atoms with Gasteiger partial charge < -0.3 is 15.9 Å². The SMILES string of the molecule is N[C@H](CC(=O)O)c1ccc(Br)cc1O. The van der Waals surface area contributed by atoms with Crippen LogP contribution in [0.3, 0.4) is 0 Å². The van der Waals surface area contributed by atoms with Gasteiger partial charge >= 0.3 is 5.97 Å². The minimum absolute atomic E-state index is 0.00752. The number of carbonyl (C=O) groups is 1. The minimum atomic E-state index is -0.986. The van der Waals surface area contributed by atoms with Crippen LogP contribution in [0, 0.1) is 0 Å². The third-order valence-corrected chi connectivity index (χ3v) is 2.28. The van der Waals surface area contributed by atoms with Crippen molar-refractivity contribution in [3.8, 4) is 5.75 Å². The molecule has 4 N–H and O–H groups in total. The molecule has 0 saturated heterocycles. The summed E-state index contributed by atoms with van der Waals surface area (Å²) in [5, 5.41) is 18.0. The average molecular weight is 260 g/mol. The van der Waals surface area contributed by atoms with Crippen LogP contribution in [0.25, 0.3) is 0 Å². The summed E-state index contributed by atoms with van der Waals surface area (Å²) >= 11 is 3.18. The largest absolute Gasteiger partial charge is 0.508 e. The molecule has 14 heavy (non-hydrogen) atoms. The zero-order chi connectivity index (χ0) is 10.7. The van der Waals surface area contributed by atoms with Gasteiger partial charge in [0.05, 0.1) is 6.42 Å². The van der Waals surface area contributed by atoms with Gasteiger partial charge in [0.2, 0.25) is 0 Å². The Labute approximate surface area is 89.5 Å². The molecule has 1 rings (SSSR count). The van der Waals surface area contributed by atoms with E-state index in [0.717, 1.165) is 4.47 Å². The fraction of sp³-hybridized carbons (Fsp3) is 0.222. The van der Waals surface area contributed by atoms with Crippen LogP contribution in [-0.4, -0.2) is 16.2 Å². The van der Waals surface area contributed by atoms with Crippen molar-refractivity contribution in [3.63, 3.8) is 0 Å². The Morgan fingerprint density at radius 1 is 1.57 bits per heavy atom. The van der Waals surface area contributed by atoms with Crippen molar-refractivity contribution in [2.75, 3.05) is 0 Å². The average Bonchev–Trinajstić information content (AvgIpc) is 2.01. The Hall–Kier alpha value is -1.07. The molecule has 5 heteroatoms. The number of benzene rings is 1. The zero-order valence-electron chi connectivity index (χ0n) is 7.27. The monoisotopic (exact) mass is 259 g/mol. The van der Waals surface area contributed by atoms with Gasteiger partial charge in [0.15, 0.2) is 0 Å². The molecule has 0 amide bonds. The fourth-order valence-electron chi connectivity index (χ4n) is 1.13. The number of carboxylic acids is 1. The Kier molecular flexibility index (Phi) is 3.49. The highest BCUT2D eigenvalue weighted by Crippen LogP contribution is 2.27. The molecule has 1 aromatic carbocycles. The first-order valence-electron chi connectivity index (χ1n) is 3.96. The van der Waals surface area contributed by atoms with E-state index in [1.54, 1.807) is 12.1 Å². The molecule has 0 fully saturated rings. The lowest BCUT2D eigenvalue weighted by molar-refractivity contribution is -0.137. The van der Waals surface area contributed by atoms with Gasteiger partial charge in [-0.3, -0.25) is 4.79 Å². The summed E-state index contributed by atoms with van der Waals surface area (Å²) in [7, 11) is 0. The second-order valence-corrected chi connectivity index (χ2v) is 3.82. The van der Waals surface area contributed by atoms with E-state index in [4.69, 9.17) is 10.8 Å². The van der Waals surface area contributed by atoms with E-state index in [-0.39, 0.29) is 12.2 Å². The molecule has 0 bridgehead atoms. The third kappa shape index (κ3) is 2.71. The van der Waals surface area contributed by atoms with Crippen molar-refractivity contribution < 1.29 is 15.0 Å². The molecule has 1 atom stereocenters. The maximum Gasteiger partial charge on any atom is 0.305 e. The van der Waals surface area contributed by atoms with Crippen LogP contribution in [0.2, 0.25) is 0 Å². The smallest absolute Gasteiger partial charge is 0.305 e. The van der Waals surface area contributed by atoms with Gasteiger partial charge in [0.1, 0.15) is 5.75 Å². The molecule has 76 valence electrons. The molecule has 0 aliphatic rings. The lowest BCUT2D eigenvalue weighted by Gasteiger charge is -2.11. The van der Waals surface area contributed by atoms with Gasteiger partial charge in [-0.15, -0.1) is 0 Å². The van der Waals surface area contributed by atoms with Crippen molar-refractivity contribution in [1.82, 2.24) is 0 Å². The van der Waals surface area contributed by atoms with Crippen LogP contribution in [0.5, 0.6) is 5.75 Å². The fourth-order valence-corrected chi connectivity index (χ4v) is 1.48. The Bertz CT molecular complexity index is 354. The van der Waals surface area contributed by atoms with E-state index in [1.807, 2.05) is 0 Å². The number of nitrogens with two attached hydrogens (primary N) is 1. The highest BCUT2D eigenvalue weighted by atomic mass is 79.9. The molecular formula is C9H10BrNO3. The third-order valence-electron chi connectivity index (χ3n) is 1.79.